The molecule has 13 heteroatoms. The predicted octanol–water partition coefficient (Wildman–Crippen LogP) is 9.84. The Kier molecular flexibility index (Phi) is 12.4. The third kappa shape index (κ3) is 9.34. The lowest BCUT2D eigenvalue weighted by Crippen LogP contribution is -2.56. The molecule has 0 spiro atoms. The number of carboxylic acids is 1. The van der Waals surface area contributed by atoms with Gasteiger partial charge in [0.2, 0.25) is 5.91 Å². The van der Waals surface area contributed by atoms with Gasteiger partial charge in [-0.25, -0.2) is 9.59 Å². The van der Waals surface area contributed by atoms with E-state index in [-0.39, 0.29) is 26.0 Å². The summed E-state index contributed by atoms with van der Waals surface area (Å²) < 4.78 is 18.7. The number of halogens is 2. The molecule has 11 nitrogen and oxygen atoms in total. The molecule has 3 heterocycles. The first-order valence-corrected chi connectivity index (χ1v) is 21.0. The summed E-state index contributed by atoms with van der Waals surface area (Å²) in [6, 6.07) is 30.8. The molecular formula is C49H44Cl2N4O7. The maximum Gasteiger partial charge on any atom is 0.326 e. The number of urea groups is 1. The van der Waals surface area contributed by atoms with Crippen molar-refractivity contribution in [3.05, 3.63) is 170 Å². The number of aliphatic carboxylic acids is 1. The second-order valence-electron chi connectivity index (χ2n) is 15.6. The molecule has 8 rings (SSSR count). The SMILES string of the molecule is Cc1ccccc1NC(=O)N1Cc2cc3c(cc2C[C@H]1C(=O)NC(Cc1ccc(-c2ccnc(C)c2C)cc1)C(=O)O)OC[C@H](c1ccc(OCc2ccc(Cl)c(Cl)c2)cc1)O3. The number of amides is 3. The fourth-order valence-electron chi connectivity index (χ4n) is 7.72. The van der Waals surface area contributed by atoms with E-state index in [9.17, 15) is 19.5 Å². The average Bonchev–Trinajstić information content (AvgIpc) is 3.27. The lowest BCUT2D eigenvalue weighted by molar-refractivity contribution is -0.142. The van der Waals surface area contributed by atoms with Crippen LogP contribution in [-0.2, 0) is 35.6 Å². The molecule has 1 unspecified atom stereocenters. The number of anilines is 1. The fraction of sp³-hybridized carbons (Fsp3) is 0.224. The smallest absolute Gasteiger partial charge is 0.326 e. The molecule has 62 heavy (non-hydrogen) atoms. The third-order valence-electron chi connectivity index (χ3n) is 11.4. The van der Waals surface area contributed by atoms with Crippen LogP contribution in [0.25, 0.3) is 11.1 Å². The number of nitrogens with one attached hydrogen (secondary N) is 2. The molecule has 316 valence electrons. The Morgan fingerprint density at radius 1 is 0.871 bits per heavy atom. The van der Waals surface area contributed by atoms with Gasteiger partial charge in [-0.05, 0) is 119 Å². The van der Waals surface area contributed by atoms with Crippen molar-refractivity contribution in [3.63, 3.8) is 0 Å². The summed E-state index contributed by atoms with van der Waals surface area (Å²) in [5.74, 6) is -0.0727. The molecule has 0 saturated heterocycles. The summed E-state index contributed by atoms with van der Waals surface area (Å²) in [4.78, 5) is 46.8. The minimum absolute atomic E-state index is 0.0444. The second kappa shape index (κ2) is 18.2. The highest BCUT2D eigenvalue weighted by atomic mass is 35.5. The average molecular weight is 872 g/mol. The molecule has 6 aromatic rings. The summed E-state index contributed by atoms with van der Waals surface area (Å²) in [5.41, 5.74) is 9.55. The van der Waals surface area contributed by atoms with Gasteiger partial charge in [-0.3, -0.25) is 9.78 Å². The molecule has 3 N–H and O–H groups in total. The molecule has 5 aromatic carbocycles. The summed E-state index contributed by atoms with van der Waals surface area (Å²) in [5, 5.41) is 17.0. The van der Waals surface area contributed by atoms with Crippen LogP contribution in [0.3, 0.4) is 0 Å². The number of carbonyl (C=O) groups excluding carboxylic acids is 2. The van der Waals surface area contributed by atoms with Crippen LogP contribution < -0.4 is 24.8 Å². The lowest BCUT2D eigenvalue weighted by atomic mass is 9.92. The molecule has 3 amide bonds. The van der Waals surface area contributed by atoms with Gasteiger partial charge in [0.05, 0.1) is 10.0 Å². The summed E-state index contributed by atoms with van der Waals surface area (Å²) in [6.45, 7) is 6.48. The number of benzene rings is 5. The molecule has 0 saturated carbocycles. The summed E-state index contributed by atoms with van der Waals surface area (Å²) in [6.07, 6.45) is 1.52. The number of hydrogen-bond donors (Lipinski definition) is 3. The largest absolute Gasteiger partial charge is 0.489 e. The highest BCUT2D eigenvalue weighted by Gasteiger charge is 2.38. The Labute approximate surface area is 369 Å². The van der Waals surface area contributed by atoms with Gasteiger partial charge in [-0.15, -0.1) is 0 Å². The zero-order valence-electron chi connectivity index (χ0n) is 34.3. The van der Waals surface area contributed by atoms with Crippen LogP contribution in [0.1, 0.15) is 50.7 Å². The summed E-state index contributed by atoms with van der Waals surface area (Å²) in [7, 11) is 0. The van der Waals surface area contributed by atoms with E-state index in [1.54, 1.807) is 24.4 Å². The highest BCUT2D eigenvalue weighted by Crippen LogP contribution is 2.41. The van der Waals surface area contributed by atoms with Crippen LogP contribution in [0.15, 0.2) is 115 Å². The van der Waals surface area contributed by atoms with Crippen molar-refractivity contribution in [2.24, 2.45) is 0 Å². The van der Waals surface area contributed by atoms with E-state index in [1.165, 1.54) is 4.90 Å². The molecule has 0 aliphatic carbocycles. The molecule has 1 aromatic heterocycles. The fourth-order valence-corrected chi connectivity index (χ4v) is 8.04. The molecule has 0 radical (unpaired) electrons. The minimum Gasteiger partial charge on any atom is -0.489 e. The first-order valence-electron chi connectivity index (χ1n) is 20.2. The zero-order valence-corrected chi connectivity index (χ0v) is 35.8. The Morgan fingerprint density at radius 3 is 2.35 bits per heavy atom. The number of rotatable bonds is 11. The van der Waals surface area contributed by atoms with E-state index in [0.29, 0.717) is 39.6 Å². The van der Waals surface area contributed by atoms with Gasteiger partial charge in [-0.1, -0.05) is 83.9 Å². The Hall–Kier alpha value is -6.56. The van der Waals surface area contributed by atoms with Crippen molar-refractivity contribution in [1.29, 1.82) is 0 Å². The molecule has 2 aliphatic rings. The monoisotopic (exact) mass is 870 g/mol. The van der Waals surface area contributed by atoms with Crippen molar-refractivity contribution < 1.29 is 33.7 Å². The number of fused-ring (bicyclic) bond motifs is 2. The van der Waals surface area contributed by atoms with Crippen LogP contribution in [0.5, 0.6) is 17.2 Å². The quantitative estimate of drug-likeness (QED) is 0.117. The number of hydrogen-bond acceptors (Lipinski definition) is 7. The van der Waals surface area contributed by atoms with E-state index in [0.717, 1.165) is 55.8 Å². The number of carbonyl (C=O) groups is 3. The van der Waals surface area contributed by atoms with Gasteiger partial charge in [-0.2, -0.15) is 0 Å². The molecule has 0 bridgehead atoms. The van der Waals surface area contributed by atoms with Gasteiger partial charge < -0.3 is 34.9 Å². The van der Waals surface area contributed by atoms with Gasteiger partial charge in [0.15, 0.2) is 17.6 Å². The van der Waals surface area contributed by atoms with Crippen LogP contribution >= 0.6 is 23.2 Å². The van der Waals surface area contributed by atoms with E-state index in [4.69, 9.17) is 37.4 Å². The van der Waals surface area contributed by atoms with Gasteiger partial charge in [0.25, 0.3) is 0 Å². The van der Waals surface area contributed by atoms with Crippen molar-refractivity contribution in [1.82, 2.24) is 15.2 Å². The lowest BCUT2D eigenvalue weighted by Gasteiger charge is -2.37. The maximum absolute atomic E-state index is 14.2. The number of aromatic nitrogens is 1. The van der Waals surface area contributed by atoms with Gasteiger partial charge >= 0.3 is 12.0 Å². The van der Waals surface area contributed by atoms with Crippen molar-refractivity contribution >= 4 is 46.8 Å². The van der Waals surface area contributed by atoms with Crippen LogP contribution in [-0.4, -0.2) is 51.6 Å². The van der Waals surface area contributed by atoms with E-state index in [2.05, 4.69) is 15.6 Å². The Balaban J connectivity index is 0.988. The standard InChI is InChI=1S/C49H44Cl2N4O7/c1-28-6-4-5-7-41(28)54-49(59)55-25-36-24-45-44(61-27-46(62-45)34-13-15-37(16-14-34)60-26-32-10-17-39(50)40(51)20-32)23-35(36)22-43(55)47(56)53-42(48(57)58)21-31-8-11-33(12-9-31)38-18-19-52-30(3)29(38)2/h4-20,23-24,42-43,46H,21-22,25-27H2,1-3H3,(H,53,56)(H,54,59)(H,57,58)/t42?,43-,46+/m0/s1. The molecule has 3 atom stereocenters. The van der Waals surface area contributed by atoms with Crippen LogP contribution in [0, 0.1) is 20.8 Å². The van der Waals surface area contributed by atoms with Crippen molar-refractivity contribution in [3.8, 4) is 28.4 Å². The molecule has 0 fully saturated rings. The maximum atomic E-state index is 14.2. The number of para-hydroxylation sites is 1. The molecule has 2 aliphatic heterocycles. The normalized spacial score (nSPS) is 15.9. The van der Waals surface area contributed by atoms with Crippen molar-refractivity contribution in [2.75, 3.05) is 11.9 Å². The first kappa shape index (κ1) is 42.1. The number of pyridine rings is 1. The van der Waals surface area contributed by atoms with E-state index in [1.807, 2.05) is 112 Å². The van der Waals surface area contributed by atoms with E-state index < -0.39 is 36.1 Å². The second-order valence-corrected chi connectivity index (χ2v) is 16.4. The van der Waals surface area contributed by atoms with Crippen LogP contribution in [0.4, 0.5) is 10.5 Å². The first-order chi connectivity index (χ1) is 29.9. The van der Waals surface area contributed by atoms with Crippen LogP contribution in [0.2, 0.25) is 10.0 Å². The number of aryl methyl sites for hydroxylation is 2. The third-order valence-corrected chi connectivity index (χ3v) is 12.2. The predicted molar refractivity (Wildman–Crippen MR) is 238 cm³/mol. The van der Waals surface area contributed by atoms with Gasteiger partial charge in [0.1, 0.15) is 31.0 Å². The number of ether oxygens (including phenoxy) is 3. The van der Waals surface area contributed by atoms with Crippen molar-refractivity contribution in [2.45, 2.75) is 65.0 Å². The zero-order chi connectivity index (χ0) is 43.5. The topological polar surface area (TPSA) is 139 Å². The van der Waals surface area contributed by atoms with Gasteiger partial charge in [0, 0.05) is 37.0 Å². The van der Waals surface area contributed by atoms with E-state index >= 15 is 0 Å². The minimum atomic E-state index is -1.25. The molecular weight excluding hydrogens is 827 g/mol. The Morgan fingerprint density at radius 2 is 1.61 bits per heavy atom. The highest BCUT2D eigenvalue weighted by molar-refractivity contribution is 6.42. The Bertz CT molecular complexity index is 2660. The number of carboxylic acid groups (broad SMARTS) is 1. The number of nitrogens with zero attached hydrogens (tertiary/aromatic N) is 2. The summed E-state index contributed by atoms with van der Waals surface area (Å²) >= 11 is 12.2.